The van der Waals surface area contributed by atoms with E-state index in [1.54, 1.807) is 30.3 Å². The number of Topliss-reactive ketones (excluding diaryl/α,β-unsaturated/α-hetero) is 2. The molecule has 6 unspecified atom stereocenters. The van der Waals surface area contributed by atoms with Crippen molar-refractivity contribution in [2.24, 2.45) is 23.7 Å². The molecule has 1 aliphatic heterocycles. The van der Waals surface area contributed by atoms with Gasteiger partial charge in [0.05, 0.1) is 34.5 Å². The van der Waals surface area contributed by atoms with Crippen molar-refractivity contribution in [3.05, 3.63) is 140 Å². The van der Waals surface area contributed by atoms with Crippen LogP contribution in [0.15, 0.2) is 118 Å². The van der Waals surface area contributed by atoms with E-state index in [1.807, 2.05) is 66.7 Å². The van der Waals surface area contributed by atoms with E-state index in [0.29, 0.717) is 42.5 Å². The van der Waals surface area contributed by atoms with Crippen LogP contribution in [0.5, 0.6) is 11.5 Å². The Labute approximate surface area is 322 Å². The first-order valence-corrected chi connectivity index (χ1v) is 18.9. The van der Waals surface area contributed by atoms with E-state index in [9.17, 15) is 19.5 Å². The Kier molecular flexibility index (Phi) is 8.73. The number of ketones is 3. The molecule has 4 aromatic carbocycles. The predicted octanol–water partition coefficient (Wildman–Crippen LogP) is 8.16. The molecular formula is C43H33Br2NO7. The molecule has 2 fully saturated rings. The van der Waals surface area contributed by atoms with Crippen molar-refractivity contribution < 1.29 is 33.8 Å². The number of carbonyl (C=O) groups excluding carboxylic acids is 5. The number of phenols is 1. The molecule has 4 aromatic rings. The molecule has 0 aromatic heterocycles. The Balaban J connectivity index is 1.37. The lowest BCUT2D eigenvalue weighted by Gasteiger charge is -2.55. The number of methoxy groups -OCH3 is 1. The van der Waals surface area contributed by atoms with Gasteiger partial charge in [-0.3, -0.25) is 28.9 Å². The Morgan fingerprint density at radius 2 is 1.53 bits per heavy atom. The number of imide groups is 1. The zero-order valence-electron chi connectivity index (χ0n) is 28.7. The smallest absolute Gasteiger partial charge is 0.238 e. The second-order valence-corrected chi connectivity index (χ2v) is 15.6. The molecule has 2 amide bonds. The number of phenolic OH excluding ortho intramolecular Hbond substituents is 1. The van der Waals surface area contributed by atoms with E-state index < -0.39 is 35.0 Å². The van der Waals surface area contributed by atoms with Crippen LogP contribution in [0.25, 0.3) is 5.57 Å². The van der Waals surface area contributed by atoms with Crippen LogP contribution in [0.3, 0.4) is 0 Å². The van der Waals surface area contributed by atoms with Gasteiger partial charge in [-0.05, 0) is 111 Å². The Morgan fingerprint density at radius 1 is 0.868 bits per heavy atom. The summed E-state index contributed by atoms with van der Waals surface area (Å²) in [5, 5.41) is 11.0. The second-order valence-electron chi connectivity index (χ2n) is 14.0. The van der Waals surface area contributed by atoms with Crippen molar-refractivity contribution in [1.82, 2.24) is 0 Å². The van der Waals surface area contributed by atoms with E-state index in [-0.39, 0.29) is 53.5 Å². The number of carbonyl (C=O) groups is 5. The molecule has 1 saturated carbocycles. The monoisotopic (exact) mass is 833 g/mol. The van der Waals surface area contributed by atoms with Gasteiger partial charge in [-0.1, -0.05) is 72.3 Å². The van der Waals surface area contributed by atoms with Gasteiger partial charge in [0.1, 0.15) is 0 Å². The number of amides is 2. The third-order valence-corrected chi connectivity index (χ3v) is 13.8. The molecule has 1 saturated heterocycles. The highest BCUT2D eigenvalue weighted by Gasteiger charge is 2.66. The summed E-state index contributed by atoms with van der Waals surface area (Å²) < 4.78 is 6.40. The average molecular weight is 836 g/mol. The highest BCUT2D eigenvalue weighted by Crippen LogP contribution is 2.65. The van der Waals surface area contributed by atoms with Gasteiger partial charge in [-0.25, -0.2) is 0 Å². The van der Waals surface area contributed by atoms with Crippen LogP contribution < -0.4 is 9.64 Å². The molecule has 8 nitrogen and oxygen atoms in total. The lowest BCUT2D eigenvalue weighted by Crippen LogP contribution is -2.59. The van der Waals surface area contributed by atoms with Gasteiger partial charge in [-0.2, -0.15) is 0 Å². The van der Waals surface area contributed by atoms with Gasteiger partial charge in [0, 0.05) is 27.4 Å². The fourth-order valence-electron chi connectivity index (χ4n) is 9.30. The molecule has 1 heterocycles. The molecule has 10 heteroatoms. The summed E-state index contributed by atoms with van der Waals surface area (Å²) in [4.78, 5) is 72.5. The quantitative estimate of drug-likeness (QED) is 0.118. The summed E-state index contributed by atoms with van der Waals surface area (Å²) >= 11 is 7.25. The summed E-state index contributed by atoms with van der Waals surface area (Å²) in [5.41, 5.74) is 2.31. The highest BCUT2D eigenvalue weighted by molar-refractivity contribution is 9.13. The van der Waals surface area contributed by atoms with E-state index >= 15 is 9.59 Å². The summed E-state index contributed by atoms with van der Waals surface area (Å²) in [6, 6.07) is 26.5. The maximum Gasteiger partial charge on any atom is 0.238 e. The van der Waals surface area contributed by atoms with Crippen LogP contribution in [-0.4, -0.2) is 41.4 Å². The molecule has 266 valence electrons. The van der Waals surface area contributed by atoms with Crippen molar-refractivity contribution in [2.45, 2.75) is 31.1 Å². The van der Waals surface area contributed by atoms with Crippen LogP contribution in [-0.2, 0) is 24.6 Å². The number of ether oxygens (including phenoxy) is 1. The lowest BCUT2D eigenvalue weighted by atomic mass is 9.44. The molecule has 0 bridgehead atoms. The van der Waals surface area contributed by atoms with Crippen LogP contribution in [0.2, 0.25) is 0 Å². The SMILES string of the molecule is COc1cc(C2C3=CCC4C(=O)N(c5ccc(C(C)=O)cc5)C(=O)C4C3CC3C(=O)C(c4ccccc4)=CC(=O)C32c2ccccc2)c(Br)c(Br)c1O. The van der Waals surface area contributed by atoms with Crippen molar-refractivity contribution in [3.8, 4) is 11.5 Å². The average Bonchev–Trinajstić information content (AvgIpc) is 3.44. The molecule has 3 aliphatic carbocycles. The molecule has 53 heavy (non-hydrogen) atoms. The number of anilines is 1. The number of aromatic hydroxyl groups is 1. The first kappa shape index (κ1) is 35.1. The van der Waals surface area contributed by atoms with Gasteiger partial charge < -0.3 is 9.84 Å². The Morgan fingerprint density at radius 3 is 2.17 bits per heavy atom. The van der Waals surface area contributed by atoms with Gasteiger partial charge in [0.25, 0.3) is 0 Å². The predicted molar refractivity (Wildman–Crippen MR) is 206 cm³/mol. The Bertz CT molecular complexity index is 2300. The van der Waals surface area contributed by atoms with Crippen molar-refractivity contribution in [2.75, 3.05) is 12.0 Å². The topological polar surface area (TPSA) is 118 Å². The molecule has 6 atom stereocenters. The zero-order chi connectivity index (χ0) is 37.3. The minimum absolute atomic E-state index is 0.132. The second kappa shape index (κ2) is 13.2. The Hall–Kier alpha value is -4.93. The standard InChI is InChI=1S/C43H33Br2NO7/c1-22(47)23-13-15-26(16-14-23)46-41(51)28-18-17-27-30(35(28)42(46)52)19-32-39(49)29(24-9-5-3-6-10-24)21-34(48)43(32,25-11-7-4-8-12-25)36(27)31-20-33(53-2)40(50)38(45)37(31)44/h3-17,20-21,28,30,32,35-36,50H,18-19H2,1-2H3. The normalized spacial score (nSPS) is 26.3. The van der Waals surface area contributed by atoms with E-state index in [4.69, 9.17) is 4.74 Å². The largest absolute Gasteiger partial charge is 0.503 e. The number of fused-ring (bicyclic) bond motifs is 4. The van der Waals surface area contributed by atoms with Crippen LogP contribution >= 0.6 is 31.9 Å². The van der Waals surface area contributed by atoms with Crippen LogP contribution in [0.1, 0.15) is 52.7 Å². The van der Waals surface area contributed by atoms with Crippen LogP contribution in [0.4, 0.5) is 5.69 Å². The fourth-order valence-corrected chi connectivity index (χ4v) is 10.3. The van der Waals surface area contributed by atoms with E-state index in [1.165, 1.54) is 25.0 Å². The summed E-state index contributed by atoms with van der Waals surface area (Å²) in [6.07, 6.45) is 3.85. The van der Waals surface area contributed by atoms with Crippen molar-refractivity contribution >= 4 is 72.3 Å². The number of hydrogen-bond acceptors (Lipinski definition) is 7. The van der Waals surface area contributed by atoms with Gasteiger partial charge >= 0.3 is 0 Å². The molecular weight excluding hydrogens is 802 g/mol. The van der Waals surface area contributed by atoms with Gasteiger partial charge in [0.15, 0.2) is 28.8 Å². The third kappa shape index (κ3) is 5.16. The molecule has 0 radical (unpaired) electrons. The number of nitrogens with zero attached hydrogens (tertiary/aromatic N) is 1. The molecule has 8 rings (SSSR count). The van der Waals surface area contributed by atoms with E-state index in [0.717, 1.165) is 5.57 Å². The number of hydrogen-bond donors (Lipinski definition) is 1. The van der Waals surface area contributed by atoms with Gasteiger partial charge in [-0.15, -0.1) is 0 Å². The third-order valence-electron chi connectivity index (χ3n) is 11.6. The number of rotatable bonds is 6. The lowest BCUT2D eigenvalue weighted by molar-refractivity contribution is -0.135. The minimum atomic E-state index is -1.45. The number of benzene rings is 4. The van der Waals surface area contributed by atoms with E-state index in [2.05, 4.69) is 31.9 Å². The first-order valence-electron chi connectivity index (χ1n) is 17.4. The van der Waals surface area contributed by atoms with Crippen LogP contribution in [0, 0.1) is 23.7 Å². The fraction of sp³-hybridized carbons (Fsp3) is 0.233. The minimum Gasteiger partial charge on any atom is -0.503 e. The zero-order valence-corrected chi connectivity index (χ0v) is 31.9. The van der Waals surface area contributed by atoms with Crippen molar-refractivity contribution in [1.29, 1.82) is 0 Å². The van der Waals surface area contributed by atoms with Crippen molar-refractivity contribution in [3.63, 3.8) is 0 Å². The molecule has 0 spiro atoms. The number of halogens is 2. The molecule has 1 N–H and O–H groups in total. The summed E-state index contributed by atoms with van der Waals surface area (Å²) in [6.45, 7) is 1.45. The number of allylic oxidation sites excluding steroid dienone is 4. The summed E-state index contributed by atoms with van der Waals surface area (Å²) in [5.74, 6) is -5.13. The summed E-state index contributed by atoms with van der Waals surface area (Å²) in [7, 11) is 1.44. The highest BCUT2D eigenvalue weighted by atomic mass is 79.9. The maximum atomic E-state index is 15.3. The first-order chi connectivity index (χ1) is 25.5. The maximum absolute atomic E-state index is 15.3. The van der Waals surface area contributed by atoms with Gasteiger partial charge in [0.2, 0.25) is 11.8 Å². The molecule has 4 aliphatic rings.